The zero-order chi connectivity index (χ0) is 14.5. The van der Waals surface area contributed by atoms with E-state index in [1.807, 2.05) is 6.92 Å². The molecule has 4 nitrogen and oxygen atoms in total. The summed E-state index contributed by atoms with van der Waals surface area (Å²) in [6.07, 6.45) is 5.37. The highest BCUT2D eigenvalue weighted by Crippen LogP contribution is 2.25. The molecule has 0 aliphatic heterocycles. The fourth-order valence-corrected chi connectivity index (χ4v) is 2.52. The van der Waals surface area contributed by atoms with Crippen LogP contribution >= 0.6 is 0 Å². The second-order valence-corrected chi connectivity index (χ2v) is 6.73. The van der Waals surface area contributed by atoms with Gasteiger partial charge in [0.15, 0.2) is 0 Å². The van der Waals surface area contributed by atoms with E-state index in [1.54, 1.807) is 0 Å². The molecule has 4 heteroatoms. The van der Waals surface area contributed by atoms with Crippen LogP contribution in [0.25, 0.3) is 0 Å². The molecule has 1 atom stereocenters. The quantitative estimate of drug-likeness (QED) is 0.594. The third-order valence-electron chi connectivity index (χ3n) is 3.79. The number of amides is 1. The van der Waals surface area contributed by atoms with Crippen molar-refractivity contribution in [1.82, 2.24) is 10.2 Å². The van der Waals surface area contributed by atoms with E-state index in [0.29, 0.717) is 12.0 Å². The second kappa shape index (κ2) is 7.25. The van der Waals surface area contributed by atoms with Gasteiger partial charge < -0.3 is 16.0 Å². The summed E-state index contributed by atoms with van der Waals surface area (Å²) in [7, 11) is 2.16. The van der Waals surface area contributed by atoms with Gasteiger partial charge in [-0.05, 0) is 58.5 Å². The Morgan fingerprint density at radius 2 is 2.05 bits per heavy atom. The van der Waals surface area contributed by atoms with Crippen LogP contribution in [-0.4, -0.2) is 42.5 Å². The van der Waals surface area contributed by atoms with Crippen LogP contribution in [0.1, 0.15) is 52.9 Å². The summed E-state index contributed by atoms with van der Waals surface area (Å²) in [4.78, 5) is 14.0. The van der Waals surface area contributed by atoms with Gasteiger partial charge in [-0.25, -0.2) is 0 Å². The van der Waals surface area contributed by atoms with Crippen LogP contribution in [0, 0.1) is 5.92 Å². The summed E-state index contributed by atoms with van der Waals surface area (Å²) in [5, 5.41) is 3.40. The molecule has 1 aliphatic rings. The number of nitrogens with zero attached hydrogens (tertiary/aromatic N) is 1. The van der Waals surface area contributed by atoms with Crippen LogP contribution in [0.4, 0.5) is 0 Å². The van der Waals surface area contributed by atoms with Crippen molar-refractivity contribution in [3.05, 3.63) is 0 Å². The van der Waals surface area contributed by atoms with Gasteiger partial charge in [0.1, 0.15) is 0 Å². The molecule has 1 unspecified atom stereocenters. The monoisotopic (exact) mass is 269 g/mol. The number of hydrogen-bond donors (Lipinski definition) is 2. The molecule has 1 rings (SSSR count). The van der Waals surface area contributed by atoms with Crippen LogP contribution in [0.5, 0.6) is 0 Å². The normalized spacial score (nSPS) is 18.8. The van der Waals surface area contributed by atoms with Crippen molar-refractivity contribution >= 4 is 5.91 Å². The van der Waals surface area contributed by atoms with Crippen LogP contribution in [-0.2, 0) is 4.79 Å². The molecule has 0 aromatic heterocycles. The van der Waals surface area contributed by atoms with Gasteiger partial charge in [-0.15, -0.1) is 0 Å². The van der Waals surface area contributed by atoms with Crippen LogP contribution < -0.4 is 11.1 Å². The summed E-state index contributed by atoms with van der Waals surface area (Å²) in [6.45, 7) is 8.65. The Hall–Kier alpha value is -0.610. The second-order valence-electron chi connectivity index (χ2n) is 6.73. The number of carbonyl (C=O) groups is 1. The molecule has 1 aliphatic carbocycles. The SMILES string of the molecule is CC(C)CN(C)CCCCC(C)(NC1CC1)C(N)=O. The van der Waals surface area contributed by atoms with Gasteiger partial charge in [0.2, 0.25) is 5.91 Å². The summed E-state index contributed by atoms with van der Waals surface area (Å²) >= 11 is 0. The third-order valence-corrected chi connectivity index (χ3v) is 3.79. The maximum Gasteiger partial charge on any atom is 0.237 e. The molecule has 0 saturated heterocycles. The highest BCUT2D eigenvalue weighted by atomic mass is 16.1. The van der Waals surface area contributed by atoms with Crippen molar-refractivity contribution in [1.29, 1.82) is 0 Å². The fraction of sp³-hybridized carbons (Fsp3) is 0.933. The summed E-state index contributed by atoms with van der Waals surface area (Å²) < 4.78 is 0. The molecule has 19 heavy (non-hydrogen) atoms. The van der Waals surface area contributed by atoms with Crippen molar-refractivity contribution < 1.29 is 4.79 Å². The first-order chi connectivity index (χ1) is 8.83. The molecule has 0 aromatic carbocycles. The Kier molecular flexibility index (Phi) is 6.27. The molecule has 0 heterocycles. The van der Waals surface area contributed by atoms with Crippen LogP contribution in [0.2, 0.25) is 0 Å². The van der Waals surface area contributed by atoms with E-state index in [1.165, 1.54) is 12.8 Å². The van der Waals surface area contributed by atoms with E-state index < -0.39 is 5.54 Å². The number of primary amides is 1. The number of unbranched alkanes of at least 4 members (excludes halogenated alkanes) is 1. The largest absolute Gasteiger partial charge is 0.368 e. The van der Waals surface area contributed by atoms with E-state index in [-0.39, 0.29) is 5.91 Å². The lowest BCUT2D eigenvalue weighted by molar-refractivity contribution is -0.124. The van der Waals surface area contributed by atoms with Gasteiger partial charge >= 0.3 is 0 Å². The Labute approximate surface area is 118 Å². The van der Waals surface area contributed by atoms with E-state index >= 15 is 0 Å². The van der Waals surface area contributed by atoms with E-state index in [9.17, 15) is 4.79 Å². The van der Waals surface area contributed by atoms with Crippen molar-refractivity contribution in [3.63, 3.8) is 0 Å². The highest BCUT2D eigenvalue weighted by molar-refractivity contribution is 5.84. The molecule has 1 fully saturated rings. The molecule has 1 amide bonds. The first-order valence-electron chi connectivity index (χ1n) is 7.59. The summed E-state index contributed by atoms with van der Waals surface area (Å²) in [5.41, 5.74) is 5.03. The molecule has 0 spiro atoms. The van der Waals surface area contributed by atoms with Gasteiger partial charge in [0.25, 0.3) is 0 Å². The molecule has 1 saturated carbocycles. The Bertz CT molecular complexity index is 289. The lowest BCUT2D eigenvalue weighted by Crippen LogP contribution is -2.54. The van der Waals surface area contributed by atoms with E-state index in [0.717, 1.165) is 32.4 Å². The summed E-state index contributed by atoms with van der Waals surface area (Å²) in [5.74, 6) is 0.493. The number of rotatable bonds is 10. The Morgan fingerprint density at radius 1 is 1.42 bits per heavy atom. The van der Waals surface area contributed by atoms with Crippen molar-refractivity contribution in [2.24, 2.45) is 11.7 Å². The molecule has 112 valence electrons. The van der Waals surface area contributed by atoms with Gasteiger partial charge in [-0.1, -0.05) is 13.8 Å². The molecule has 0 radical (unpaired) electrons. The topological polar surface area (TPSA) is 58.4 Å². The highest BCUT2D eigenvalue weighted by Gasteiger charge is 2.36. The standard InChI is InChI=1S/C15H31N3O/c1-12(2)11-18(4)10-6-5-9-15(3,14(16)19)17-13-7-8-13/h12-13,17H,5-11H2,1-4H3,(H2,16,19). The number of nitrogens with one attached hydrogen (secondary N) is 1. The maximum atomic E-state index is 11.6. The van der Waals surface area contributed by atoms with Crippen LogP contribution in [0.3, 0.4) is 0 Å². The average Bonchev–Trinajstić information content (AvgIpc) is 3.07. The van der Waals surface area contributed by atoms with Crippen molar-refractivity contribution in [2.75, 3.05) is 20.1 Å². The lowest BCUT2D eigenvalue weighted by atomic mass is 9.93. The number of carbonyl (C=O) groups excluding carboxylic acids is 1. The Morgan fingerprint density at radius 3 is 2.53 bits per heavy atom. The molecule has 0 bridgehead atoms. The van der Waals surface area contributed by atoms with Gasteiger partial charge in [-0.2, -0.15) is 0 Å². The third kappa shape index (κ3) is 6.39. The predicted molar refractivity (Wildman–Crippen MR) is 79.9 cm³/mol. The number of nitrogens with two attached hydrogens (primary N) is 1. The smallest absolute Gasteiger partial charge is 0.237 e. The van der Waals surface area contributed by atoms with Crippen molar-refractivity contribution in [2.45, 2.75) is 64.5 Å². The molecular weight excluding hydrogens is 238 g/mol. The average molecular weight is 269 g/mol. The molecule has 0 aromatic rings. The van der Waals surface area contributed by atoms with Gasteiger partial charge in [0.05, 0.1) is 5.54 Å². The molecule has 3 N–H and O–H groups in total. The number of hydrogen-bond acceptors (Lipinski definition) is 3. The van der Waals surface area contributed by atoms with E-state index in [2.05, 4.69) is 31.1 Å². The van der Waals surface area contributed by atoms with E-state index in [4.69, 9.17) is 5.73 Å². The fourth-order valence-electron chi connectivity index (χ4n) is 2.52. The minimum absolute atomic E-state index is 0.213. The van der Waals surface area contributed by atoms with Gasteiger partial charge in [-0.3, -0.25) is 4.79 Å². The Balaban J connectivity index is 2.22. The minimum Gasteiger partial charge on any atom is -0.368 e. The van der Waals surface area contributed by atoms with Gasteiger partial charge in [0, 0.05) is 12.6 Å². The first-order valence-corrected chi connectivity index (χ1v) is 7.59. The lowest BCUT2D eigenvalue weighted by Gasteiger charge is -2.28. The zero-order valence-corrected chi connectivity index (χ0v) is 13.0. The first kappa shape index (κ1) is 16.4. The van der Waals surface area contributed by atoms with Crippen molar-refractivity contribution in [3.8, 4) is 0 Å². The maximum absolute atomic E-state index is 11.6. The predicted octanol–water partition coefficient (Wildman–Crippen LogP) is 1.74. The zero-order valence-electron chi connectivity index (χ0n) is 13.0. The molecular formula is C15H31N3O. The summed E-state index contributed by atoms with van der Waals surface area (Å²) in [6, 6.07) is 0.515. The van der Waals surface area contributed by atoms with Crippen LogP contribution in [0.15, 0.2) is 0 Å². The minimum atomic E-state index is -0.516.